The second-order valence-electron chi connectivity index (χ2n) is 7.11. The number of benzene rings is 1. The predicted octanol–water partition coefficient (Wildman–Crippen LogP) is 1.34. The minimum absolute atomic E-state index is 0. The maximum Gasteiger partial charge on any atom is 0.228 e. The second-order valence-corrected chi connectivity index (χ2v) is 7.11. The van der Waals surface area contributed by atoms with Crippen molar-refractivity contribution in [1.82, 2.24) is 15.1 Å². The Labute approximate surface area is 172 Å². The van der Waals surface area contributed by atoms with E-state index in [0.29, 0.717) is 31.0 Å². The van der Waals surface area contributed by atoms with Crippen molar-refractivity contribution < 1.29 is 19.1 Å². The van der Waals surface area contributed by atoms with E-state index in [1.165, 1.54) is 0 Å². The van der Waals surface area contributed by atoms with Gasteiger partial charge in [-0.25, -0.2) is 0 Å². The van der Waals surface area contributed by atoms with E-state index in [1.54, 1.807) is 14.2 Å². The Balaban J connectivity index is 0.00000280. The highest BCUT2D eigenvalue weighted by atomic mass is 35.5. The van der Waals surface area contributed by atoms with Crippen LogP contribution in [-0.2, 0) is 16.0 Å². The molecule has 156 valence electrons. The Morgan fingerprint density at radius 3 is 2.71 bits per heavy atom. The first kappa shape index (κ1) is 22.3. The standard InChI is InChI=1S/C20H29N3O4.ClH/c1-26-17-5-4-15(12-18(17)27-2)6-10-23-14-16(13-19(23)24)20(25)22-9-3-7-21-8-11-22;/h4-5,12,16,21H,3,6-11,13-14H2,1-2H3;1H. The summed E-state index contributed by atoms with van der Waals surface area (Å²) in [5, 5.41) is 3.31. The molecule has 1 aromatic rings. The number of likely N-dealkylation sites (tertiary alicyclic amines) is 1. The van der Waals surface area contributed by atoms with Crippen molar-refractivity contribution in [3.05, 3.63) is 23.8 Å². The van der Waals surface area contributed by atoms with Gasteiger partial charge in [0.1, 0.15) is 0 Å². The van der Waals surface area contributed by atoms with Gasteiger partial charge < -0.3 is 24.6 Å². The molecule has 0 spiro atoms. The number of carbonyl (C=O) groups excluding carboxylic acids is 2. The molecule has 8 heteroatoms. The van der Waals surface area contributed by atoms with Gasteiger partial charge in [-0.1, -0.05) is 6.07 Å². The number of nitrogens with zero attached hydrogens (tertiary/aromatic N) is 2. The number of amides is 2. The van der Waals surface area contributed by atoms with Crippen LogP contribution in [0, 0.1) is 5.92 Å². The van der Waals surface area contributed by atoms with Crippen LogP contribution >= 0.6 is 12.4 Å². The molecule has 0 bridgehead atoms. The molecule has 7 nitrogen and oxygen atoms in total. The average Bonchev–Trinajstić information content (AvgIpc) is 2.88. The van der Waals surface area contributed by atoms with Crippen molar-refractivity contribution >= 4 is 24.2 Å². The van der Waals surface area contributed by atoms with E-state index in [9.17, 15) is 9.59 Å². The highest BCUT2D eigenvalue weighted by Gasteiger charge is 2.36. The fourth-order valence-corrected chi connectivity index (χ4v) is 3.78. The zero-order valence-corrected chi connectivity index (χ0v) is 17.4. The van der Waals surface area contributed by atoms with Crippen molar-refractivity contribution in [1.29, 1.82) is 0 Å². The first-order valence-electron chi connectivity index (χ1n) is 9.60. The van der Waals surface area contributed by atoms with Gasteiger partial charge in [0.2, 0.25) is 11.8 Å². The summed E-state index contributed by atoms with van der Waals surface area (Å²) in [4.78, 5) is 28.9. The van der Waals surface area contributed by atoms with Crippen LogP contribution in [0.1, 0.15) is 18.4 Å². The van der Waals surface area contributed by atoms with Crippen LogP contribution in [0.3, 0.4) is 0 Å². The van der Waals surface area contributed by atoms with E-state index in [1.807, 2.05) is 28.0 Å². The summed E-state index contributed by atoms with van der Waals surface area (Å²) in [7, 11) is 3.22. The van der Waals surface area contributed by atoms with Crippen LogP contribution in [-0.4, -0.2) is 75.1 Å². The zero-order chi connectivity index (χ0) is 19.2. The molecule has 2 saturated heterocycles. The van der Waals surface area contributed by atoms with Gasteiger partial charge in [0.05, 0.1) is 20.1 Å². The fraction of sp³-hybridized carbons (Fsp3) is 0.600. The van der Waals surface area contributed by atoms with Gasteiger partial charge in [-0.15, -0.1) is 12.4 Å². The summed E-state index contributed by atoms with van der Waals surface area (Å²) in [6.45, 7) is 4.42. The Morgan fingerprint density at radius 1 is 1.18 bits per heavy atom. The highest BCUT2D eigenvalue weighted by molar-refractivity contribution is 5.89. The number of hydrogen-bond acceptors (Lipinski definition) is 5. The number of carbonyl (C=O) groups is 2. The molecule has 1 aromatic carbocycles. The fourth-order valence-electron chi connectivity index (χ4n) is 3.78. The highest BCUT2D eigenvalue weighted by Crippen LogP contribution is 2.28. The van der Waals surface area contributed by atoms with Crippen molar-refractivity contribution in [2.24, 2.45) is 5.92 Å². The first-order chi connectivity index (χ1) is 13.1. The van der Waals surface area contributed by atoms with Crippen LogP contribution in [0.15, 0.2) is 18.2 Å². The summed E-state index contributed by atoms with van der Waals surface area (Å²) < 4.78 is 10.6. The van der Waals surface area contributed by atoms with Crippen LogP contribution < -0.4 is 14.8 Å². The molecule has 0 aliphatic carbocycles. The molecule has 2 fully saturated rings. The quantitative estimate of drug-likeness (QED) is 0.764. The second kappa shape index (κ2) is 10.5. The van der Waals surface area contributed by atoms with Gasteiger partial charge in [-0.05, 0) is 37.1 Å². The number of nitrogens with one attached hydrogen (secondary N) is 1. The van der Waals surface area contributed by atoms with Gasteiger partial charge in [0.15, 0.2) is 11.5 Å². The number of halogens is 1. The number of hydrogen-bond donors (Lipinski definition) is 1. The third kappa shape index (κ3) is 5.29. The molecule has 0 saturated carbocycles. The summed E-state index contributed by atoms with van der Waals surface area (Å²) in [6, 6.07) is 5.79. The molecule has 3 rings (SSSR count). The Morgan fingerprint density at radius 2 is 1.96 bits per heavy atom. The molecule has 2 aliphatic rings. The maximum absolute atomic E-state index is 12.8. The third-order valence-electron chi connectivity index (χ3n) is 5.33. The van der Waals surface area contributed by atoms with Gasteiger partial charge in [0.25, 0.3) is 0 Å². The van der Waals surface area contributed by atoms with Gasteiger partial charge in [0, 0.05) is 39.1 Å². The van der Waals surface area contributed by atoms with E-state index in [-0.39, 0.29) is 30.1 Å². The van der Waals surface area contributed by atoms with E-state index in [0.717, 1.165) is 44.6 Å². The monoisotopic (exact) mass is 411 g/mol. The summed E-state index contributed by atoms with van der Waals surface area (Å²) >= 11 is 0. The van der Waals surface area contributed by atoms with Crippen LogP contribution in [0.4, 0.5) is 0 Å². The molecule has 1 N–H and O–H groups in total. The van der Waals surface area contributed by atoms with Gasteiger partial charge in [-0.3, -0.25) is 9.59 Å². The topological polar surface area (TPSA) is 71.1 Å². The molecule has 1 atom stereocenters. The van der Waals surface area contributed by atoms with E-state index < -0.39 is 0 Å². The smallest absolute Gasteiger partial charge is 0.228 e. The molecular formula is C20H30ClN3O4. The first-order valence-corrected chi connectivity index (χ1v) is 9.60. The van der Waals surface area contributed by atoms with E-state index in [4.69, 9.17) is 9.47 Å². The minimum Gasteiger partial charge on any atom is -0.493 e. The van der Waals surface area contributed by atoms with Crippen LogP contribution in [0.2, 0.25) is 0 Å². The van der Waals surface area contributed by atoms with Crippen molar-refractivity contribution in [2.75, 3.05) is 53.5 Å². The lowest BCUT2D eigenvalue weighted by Gasteiger charge is -2.23. The number of rotatable bonds is 6. The van der Waals surface area contributed by atoms with Gasteiger partial charge >= 0.3 is 0 Å². The van der Waals surface area contributed by atoms with Gasteiger partial charge in [-0.2, -0.15) is 0 Å². The zero-order valence-electron chi connectivity index (χ0n) is 16.6. The minimum atomic E-state index is -0.207. The van der Waals surface area contributed by atoms with Crippen molar-refractivity contribution in [3.63, 3.8) is 0 Å². The number of ether oxygens (including phenoxy) is 2. The lowest BCUT2D eigenvalue weighted by molar-refractivity contribution is -0.135. The van der Waals surface area contributed by atoms with Crippen LogP contribution in [0.5, 0.6) is 11.5 Å². The molecule has 28 heavy (non-hydrogen) atoms. The lowest BCUT2D eigenvalue weighted by atomic mass is 10.1. The molecule has 2 heterocycles. The Bertz CT molecular complexity index is 677. The molecule has 0 aromatic heterocycles. The summed E-state index contributed by atoms with van der Waals surface area (Å²) in [6.07, 6.45) is 2.02. The molecule has 0 radical (unpaired) electrons. The summed E-state index contributed by atoms with van der Waals surface area (Å²) in [5.74, 6) is 1.37. The van der Waals surface area contributed by atoms with Crippen LogP contribution in [0.25, 0.3) is 0 Å². The lowest BCUT2D eigenvalue weighted by Crippen LogP contribution is -2.39. The maximum atomic E-state index is 12.8. The van der Waals surface area contributed by atoms with E-state index >= 15 is 0 Å². The normalized spacial score (nSPS) is 19.8. The molecule has 2 amide bonds. The molecule has 1 unspecified atom stereocenters. The Kier molecular flexibility index (Phi) is 8.38. The predicted molar refractivity (Wildman–Crippen MR) is 109 cm³/mol. The molecular weight excluding hydrogens is 382 g/mol. The summed E-state index contributed by atoms with van der Waals surface area (Å²) in [5.41, 5.74) is 1.08. The SMILES string of the molecule is COc1ccc(CCN2CC(C(=O)N3CCCNCC3)CC2=O)cc1OC.Cl. The van der Waals surface area contributed by atoms with Crippen molar-refractivity contribution in [2.45, 2.75) is 19.3 Å². The van der Waals surface area contributed by atoms with E-state index in [2.05, 4.69) is 5.32 Å². The van der Waals surface area contributed by atoms with Crippen molar-refractivity contribution in [3.8, 4) is 11.5 Å². The third-order valence-corrected chi connectivity index (χ3v) is 5.33. The largest absolute Gasteiger partial charge is 0.493 e. The molecule has 2 aliphatic heterocycles. The number of methoxy groups -OCH3 is 2. The average molecular weight is 412 g/mol. The Hall–Kier alpha value is -1.99.